The molecule has 2 heterocycles. The van der Waals surface area contributed by atoms with Gasteiger partial charge < -0.3 is 21.2 Å². The lowest BCUT2D eigenvalue weighted by molar-refractivity contribution is -0.125. The largest absolute Gasteiger partial charge is 0.409 e. The topological polar surface area (TPSA) is 91.0 Å². The van der Waals surface area contributed by atoms with Gasteiger partial charge in [-0.15, -0.1) is 0 Å². The van der Waals surface area contributed by atoms with Crippen molar-refractivity contribution in [3.05, 3.63) is 0 Å². The van der Waals surface area contributed by atoms with Crippen LogP contribution in [0.3, 0.4) is 0 Å². The van der Waals surface area contributed by atoms with Gasteiger partial charge in [-0.3, -0.25) is 4.79 Å². The van der Waals surface area contributed by atoms with Gasteiger partial charge in [-0.1, -0.05) is 25.4 Å². The van der Waals surface area contributed by atoms with Gasteiger partial charge in [0, 0.05) is 18.1 Å². The highest BCUT2D eigenvalue weighted by Gasteiger charge is 2.37. The molecule has 0 aliphatic carbocycles. The summed E-state index contributed by atoms with van der Waals surface area (Å²) in [6.45, 7) is 3.82. The molecule has 2 aliphatic rings. The Balaban J connectivity index is 1.99. The van der Waals surface area contributed by atoms with E-state index >= 15 is 0 Å². The predicted molar refractivity (Wildman–Crippen MR) is 82.1 cm³/mol. The normalized spacial score (nSPS) is 32.0. The third-order valence-corrected chi connectivity index (χ3v) is 5.07. The lowest BCUT2D eigenvalue weighted by atomic mass is 9.82. The number of nitrogens with zero attached hydrogens (tertiary/aromatic N) is 2. The van der Waals surface area contributed by atoms with Gasteiger partial charge >= 0.3 is 0 Å². The zero-order valence-electron chi connectivity index (χ0n) is 13.2. The van der Waals surface area contributed by atoms with Gasteiger partial charge in [0.25, 0.3) is 0 Å². The average Bonchev–Trinajstić information content (AvgIpc) is 2.39. The second kappa shape index (κ2) is 6.64. The maximum absolute atomic E-state index is 12.5. The van der Waals surface area contributed by atoms with Crippen LogP contribution in [0.5, 0.6) is 0 Å². The molecule has 4 N–H and O–H groups in total. The number of amides is 1. The fraction of sp³-hybridized carbons (Fsp3) is 0.867. The zero-order chi connectivity index (χ0) is 15.6. The van der Waals surface area contributed by atoms with Crippen LogP contribution in [0.15, 0.2) is 5.16 Å². The monoisotopic (exact) mass is 296 g/mol. The van der Waals surface area contributed by atoms with Crippen molar-refractivity contribution in [3.8, 4) is 0 Å². The van der Waals surface area contributed by atoms with E-state index in [2.05, 4.69) is 22.4 Å². The summed E-state index contributed by atoms with van der Waals surface area (Å²) < 4.78 is 0. The first-order valence-electron chi connectivity index (χ1n) is 7.93. The Labute approximate surface area is 126 Å². The molecule has 2 fully saturated rings. The van der Waals surface area contributed by atoms with Crippen molar-refractivity contribution in [2.75, 3.05) is 7.05 Å². The van der Waals surface area contributed by atoms with Crippen molar-refractivity contribution >= 4 is 11.7 Å². The highest BCUT2D eigenvalue weighted by Crippen LogP contribution is 2.32. The predicted octanol–water partition coefficient (Wildman–Crippen LogP) is 1.14. The van der Waals surface area contributed by atoms with E-state index in [1.54, 1.807) is 0 Å². The van der Waals surface area contributed by atoms with E-state index in [0.717, 1.165) is 12.8 Å². The van der Waals surface area contributed by atoms with Gasteiger partial charge in [0.2, 0.25) is 5.91 Å². The van der Waals surface area contributed by atoms with Crippen LogP contribution in [0.25, 0.3) is 0 Å². The molecule has 6 heteroatoms. The molecule has 0 radical (unpaired) electrons. The Morgan fingerprint density at radius 2 is 1.90 bits per heavy atom. The van der Waals surface area contributed by atoms with Crippen LogP contribution >= 0.6 is 0 Å². The molecular weight excluding hydrogens is 268 g/mol. The van der Waals surface area contributed by atoms with Gasteiger partial charge in [0.05, 0.1) is 0 Å². The summed E-state index contributed by atoms with van der Waals surface area (Å²) in [6, 6.07) is 1.35. The third kappa shape index (κ3) is 3.48. The molecule has 120 valence electrons. The minimum Gasteiger partial charge on any atom is -0.409 e. The molecule has 0 aromatic rings. The highest BCUT2D eigenvalue weighted by molar-refractivity contribution is 6.02. The Kier molecular flexibility index (Phi) is 5.08. The number of rotatable bonds is 4. The summed E-state index contributed by atoms with van der Waals surface area (Å²) in [5.74, 6) is -0.676. The molecule has 0 aromatic carbocycles. The van der Waals surface area contributed by atoms with Crippen LogP contribution in [0.4, 0.5) is 0 Å². The first-order valence-corrected chi connectivity index (χ1v) is 7.93. The highest BCUT2D eigenvalue weighted by atomic mass is 16.4. The third-order valence-electron chi connectivity index (χ3n) is 5.07. The molecular formula is C15H28N4O2. The number of carbonyl (C=O) groups excluding carboxylic acids is 1. The van der Waals surface area contributed by atoms with Crippen LogP contribution < -0.4 is 11.1 Å². The Morgan fingerprint density at radius 3 is 2.38 bits per heavy atom. The van der Waals surface area contributed by atoms with Crippen molar-refractivity contribution < 1.29 is 10.0 Å². The number of fused-ring (bicyclic) bond motifs is 2. The minimum absolute atomic E-state index is 0.00405. The molecule has 2 rings (SSSR count). The van der Waals surface area contributed by atoms with Crippen LogP contribution in [-0.2, 0) is 4.79 Å². The molecule has 0 spiro atoms. The Hall–Kier alpha value is -1.30. The van der Waals surface area contributed by atoms with Crippen LogP contribution in [0, 0.1) is 11.8 Å². The smallest absolute Gasteiger partial charge is 0.231 e. The summed E-state index contributed by atoms with van der Waals surface area (Å²) in [7, 11) is 2.19. The number of oxime groups is 1. The van der Waals surface area contributed by atoms with Crippen molar-refractivity contribution in [3.63, 3.8) is 0 Å². The van der Waals surface area contributed by atoms with Gasteiger partial charge in [0.1, 0.15) is 5.92 Å². The summed E-state index contributed by atoms with van der Waals surface area (Å²) in [6.07, 6.45) is 5.72. The van der Waals surface area contributed by atoms with Crippen molar-refractivity contribution in [2.45, 2.75) is 64.1 Å². The average molecular weight is 296 g/mol. The van der Waals surface area contributed by atoms with Gasteiger partial charge in [-0.2, -0.15) is 0 Å². The van der Waals surface area contributed by atoms with Crippen LogP contribution in [-0.4, -0.2) is 47.0 Å². The number of hydrogen-bond acceptors (Lipinski definition) is 4. The number of nitrogens with two attached hydrogens (primary N) is 1. The maximum atomic E-state index is 12.5. The summed E-state index contributed by atoms with van der Waals surface area (Å²) in [5.41, 5.74) is 5.67. The fourth-order valence-corrected chi connectivity index (χ4v) is 3.87. The maximum Gasteiger partial charge on any atom is 0.231 e. The standard InChI is InChI=1S/C15H28N4O2/c1-9(2)13(14(16)18-21)15(20)17-10-7-11-5-4-6-12(8-10)19(11)3/h9-13,21H,4-8H2,1-3H3,(H2,16,18)(H,17,20). The van der Waals surface area contributed by atoms with Crippen LogP contribution in [0.1, 0.15) is 46.0 Å². The lowest BCUT2D eigenvalue weighted by Gasteiger charge is -2.47. The minimum atomic E-state index is -0.561. The van der Waals surface area contributed by atoms with Gasteiger partial charge in [-0.05, 0) is 38.6 Å². The van der Waals surface area contributed by atoms with E-state index in [1.807, 2.05) is 13.8 Å². The van der Waals surface area contributed by atoms with E-state index in [9.17, 15) is 4.79 Å². The first-order chi connectivity index (χ1) is 9.93. The molecule has 3 unspecified atom stereocenters. The SMILES string of the molecule is CC(C)C(C(=O)NC1CC2CCCC(C1)N2C)C(N)=NO. The molecule has 2 aliphatic heterocycles. The summed E-state index contributed by atoms with van der Waals surface area (Å²) >= 11 is 0. The molecule has 0 aromatic heterocycles. The van der Waals surface area contributed by atoms with E-state index in [-0.39, 0.29) is 23.7 Å². The summed E-state index contributed by atoms with van der Waals surface area (Å²) in [5, 5.41) is 15.0. The molecule has 21 heavy (non-hydrogen) atoms. The molecule has 2 saturated heterocycles. The number of nitrogens with one attached hydrogen (secondary N) is 1. The van der Waals surface area contributed by atoms with E-state index in [1.165, 1.54) is 19.3 Å². The molecule has 3 atom stereocenters. The number of amidine groups is 1. The number of carbonyl (C=O) groups is 1. The second-order valence-electron chi connectivity index (χ2n) is 6.83. The number of piperidine rings is 2. The van der Waals surface area contributed by atoms with Crippen molar-refractivity contribution in [1.82, 2.24) is 10.2 Å². The van der Waals surface area contributed by atoms with E-state index in [0.29, 0.717) is 12.1 Å². The van der Waals surface area contributed by atoms with Gasteiger partial charge in [-0.25, -0.2) is 0 Å². The molecule has 1 amide bonds. The molecule has 6 nitrogen and oxygen atoms in total. The van der Waals surface area contributed by atoms with E-state index in [4.69, 9.17) is 10.9 Å². The van der Waals surface area contributed by atoms with Gasteiger partial charge in [0.15, 0.2) is 5.84 Å². The Morgan fingerprint density at radius 1 is 1.33 bits per heavy atom. The zero-order valence-corrected chi connectivity index (χ0v) is 13.2. The number of hydrogen-bond donors (Lipinski definition) is 3. The lowest BCUT2D eigenvalue weighted by Crippen LogP contribution is -2.56. The Bertz CT molecular complexity index is 396. The second-order valence-corrected chi connectivity index (χ2v) is 6.83. The molecule has 2 bridgehead atoms. The van der Waals surface area contributed by atoms with Crippen molar-refractivity contribution in [1.29, 1.82) is 0 Å². The summed E-state index contributed by atoms with van der Waals surface area (Å²) in [4.78, 5) is 14.9. The fourth-order valence-electron chi connectivity index (χ4n) is 3.87. The van der Waals surface area contributed by atoms with Crippen LogP contribution in [0.2, 0.25) is 0 Å². The quantitative estimate of drug-likeness (QED) is 0.314. The first kappa shape index (κ1) is 16.1. The van der Waals surface area contributed by atoms with Crippen molar-refractivity contribution in [2.24, 2.45) is 22.7 Å². The van der Waals surface area contributed by atoms with E-state index < -0.39 is 5.92 Å². The molecule has 0 saturated carbocycles.